The molecule has 0 unspecified atom stereocenters. The number of hydrogen-bond donors (Lipinski definition) is 1. The van der Waals surface area contributed by atoms with Crippen LogP contribution >= 0.6 is 23.2 Å². The highest BCUT2D eigenvalue weighted by Gasteiger charge is 2.02. The Labute approximate surface area is 133 Å². The Balaban J connectivity index is 2.01. The molecule has 108 valence electrons. The Bertz CT molecular complexity index is 666. The van der Waals surface area contributed by atoms with Gasteiger partial charge in [-0.25, -0.2) is 0 Å². The molecule has 21 heavy (non-hydrogen) atoms. The number of carbonyl (C=O) groups is 1. The third kappa shape index (κ3) is 4.25. The molecule has 0 spiro atoms. The molecule has 2 aromatic rings. The van der Waals surface area contributed by atoms with Gasteiger partial charge in [-0.2, -0.15) is 0 Å². The second-order valence-electron chi connectivity index (χ2n) is 4.19. The first-order chi connectivity index (χ1) is 10.1. The predicted octanol–water partition coefficient (Wildman–Crippen LogP) is 4.81. The van der Waals surface area contributed by atoms with E-state index in [9.17, 15) is 4.79 Å². The molecular weight excluding hydrogens is 309 g/mol. The Hall–Kier alpha value is -1.97. The molecule has 3 nitrogen and oxygen atoms in total. The Morgan fingerprint density at radius 3 is 2.48 bits per heavy atom. The van der Waals surface area contributed by atoms with Gasteiger partial charge in [-0.3, -0.25) is 4.79 Å². The van der Waals surface area contributed by atoms with Crippen LogP contribution in [0.5, 0.6) is 5.75 Å². The molecule has 0 heterocycles. The van der Waals surface area contributed by atoms with E-state index in [4.69, 9.17) is 27.9 Å². The average Bonchev–Trinajstić information content (AvgIpc) is 2.49. The van der Waals surface area contributed by atoms with Crippen molar-refractivity contribution in [2.24, 2.45) is 0 Å². The van der Waals surface area contributed by atoms with Gasteiger partial charge < -0.3 is 10.1 Å². The lowest BCUT2D eigenvalue weighted by Crippen LogP contribution is -1.96. The van der Waals surface area contributed by atoms with E-state index >= 15 is 0 Å². The van der Waals surface area contributed by atoms with Crippen molar-refractivity contribution >= 4 is 34.7 Å². The van der Waals surface area contributed by atoms with E-state index in [1.165, 1.54) is 6.08 Å². The largest absolute Gasteiger partial charge is 0.497 e. The van der Waals surface area contributed by atoms with Crippen molar-refractivity contribution in [1.29, 1.82) is 0 Å². The smallest absolute Gasteiger partial charge is 0.187 e. The molecule has 0 aliphatic heterocycles. The predicted molar refractivity (Wildman–Crippen MR) is 86.5 cm³/mol. The Morgan fingerprint density at radius 2 is 1.86 bits per heavy atom. The van der Waals surface area contributed by atoms with Gasteiger partial charge >= 0.3 is 0 Å². The van der Waals surface area contributed by atoms with Gasteiger partial charge in [0.2, 0.25) is 0 Å². The van der Waals surface area contributed by atoms with Gasteiger partial charge in [-0.15, -0.1) is 0 Å². The van der Waals surface area contributed by atoms with Crippen molar-refractivity contribution in [3.05, 3.63) is 70.3 Å². The minimum absolute atomic E-state index is 0.116. The summed E-state index contributed by atoms with van der Waals surface area (Å²) in [5, 5.41) is 4.00. The van der Waals surface area contributed by atoms with Crippen molar-refractivity contribution in [2.75, 3.05) is 12.4 Å². The highest BCUT2D eigenvalue weighted by atomic mass is 35.5. The zero-order valence-electron chi connectivity index (χ0n) is 11.3. The number of anilines is 1. The zero-order valence-corrected chi connectivity index (χ0v) is 12.8. The lowest BCUT2D eigenvalue weighted by molar-refractivity contribution is 0.104. The molecule has 0 aliphatic rings. The average molecular weight is 322 g/mol. The highest BCUT2D eigenvalue weighted by Crippen LogP contribution is 2.25. The number of nitrogens with one attached hydrogen (secondary N) is 1. The van der Waals surface area contributed by atoms with Crippen LogP contribution in [0.3, 0.4) is 0 Å². The van der Waals surface area contributed by atoms with E-state index in [0.717, 1.165) is 0 Å². The molecule has 0 aliphatic carbocycles. The SMILES string of the molecule is COc1ccc(C(=O)/C=C\Nc2ccc(Cl)cc2Cl)cc1. The van der Waals surface area contributed by atoms with Crippen LogP contribution in [0, 0.1) is 0 Å². The first kappa shape index (κ1) is 15.4. The minimum Gasteiger partial charge on any atom is -0.497 e. The van der Waals surface area contributed by atoms with Gasteiger partial charge in [0.25, 0.3) is 0 Å². The van der Waals surface area contributed by atoms with E-state index in [1.54, 1.807) is 55.8 Å². The number of benzene rings is 2. The van der Waals surface area contributed by atoms with E-state index in [-0.39, 0.29) is 5.78 Å². The number of halogens is 2. The van der Waals surface area contributed by atoms with E-state index in [0.29, 0.717) is 27.0 Å². The van der Waals surface area contributed by atoms with Gasteiger partial charge in [-0.05, 0) is 42.5 Å². The lowest BCUT2D eigenvalue weighted by Gasteiger charge is -2.04. The molecule has 0 saturated carbocycles. The molecule has 0 bridgehead atoms. The third-order valence-electron chi connectivity index (χ3n) is 2.78. The van der Waals surface area contributed by atoms with E-state index in [2.05, 4.69) is 5.32 Å². The molecular formula is C16H13Cl2NO2. The summed E-state index contributed by atoms with van der Waals surface area (Å²) in [6.45, 7) is 0. The fourth-order valence-corrected chi connectivity index (χ4v) is 2.13. The molecule has 0 radical (unpaired) electrons. The summed E-state index contributed by atoms with van der Waals surface area (Å²) >= 11 is 11.8. The first-order valence-corrected chi connectivity index (χ1v) is 6.92. The van der Waals surface area contributed by atoms with Crippen LogP contribution in [0.1, 0.15) is 10.4 Å². The maximum absolute atomic E-state index is 12.0. The van der Waals surface area contributed by atoms with Crippen LogP contribution in [0.4, 0.5) is 5.69 Å². The summed E-state index contributed by atoms with van der Waals surface area (Å²) in [6, 6.07) is 12.0. The van der Waals surface area contributed by atoms with Crippen molar-refractivity contribution in [3.63, 3.8) is 0 Å². The standard InChI is InChI=1S/C16H13Cl2NO2/c1-21-13-5-2-11(3-6-13)16(20)8-9-19-15-7-4-12(17)10-14(15)18/h2-10,19H,1H3/b9-8-. The van der Waals surface area contributed by atoms with Crippen LogP contribution < -0.4 is 10.1 Å². The van der Waals surface area contributed by atoms with Gasteiger partial charge in [-0.1, -0.05) is 23.2 Å². The second kappa shape index (κ2) is 7.16. The van der Waals surface area contributed by atoms with Crippen molar-refractivity contribution in [1.82, 2.24) is 0 Å². The summed E-state index contributed by atoms with van der Waals surface area (Å²) in [6.07, 6.45) is 2.98. The molecule has 0 fully saturated rings. The molecule has 0 saturated heterocycles. The van der Waals surface area contributed by atoms with Gasteiger partial charge in [0.05, 0.1) is 17.8 Å². The summed E-state index contributed by atoms with van der Waals surface area (Å²) < 4.78 is 5.04. The number of methoxy groups -OCH3 is 1. The second-order valence-corrected chi connectivity index (χ2v) is 5.04. The summed E-state index contributed by atoms with van der Waals surface area (Å²) in [5.74, 6) is 0.594. The monoisotopic (exact) mass is 321 g/mol. The Kier molecular flexibility index (Phi) is 5.26. The maximum Gasteiger partial charge on any atom is 0.187 e. The molecule has 2 rings (SSSR count). The summed E-state index contributed by atoms with van der Waals surface area (Å²) in [7, 11) is 1.58. The quantitative estimate of drug-likeness (QED) is 0.634. The number of rotatable bonds is 5. The van der Waals surface area contributed by atoms with Crippen molar-refractivity contribution < 1.29 is 9.53 Å². The lowest BCUT2D eigenvalue weighted by atomic mass is 10.1. The Morgan fingerprint density at radius 1 is 1.14 bits per heavy atom. The minimum atomic E-state index is -0.116. The van der Waals surface area contributed by atoms with E-state index < -0.39 is 0 Å². The topological polar surface area (TPSA) is 38.3 Å². The molecule has 0 atom stereocenters. The fraction of sp³-hybridized carbons (Fsp3) is 0.0625. The maximum atomic E-state index is 12.0. The fourth-order valence-electron chi connectivity index (χ4n) is 1.67. The third-order valence-corrected chi connectivity index (χ3v) is 3.33. The normalized spacial score (nSPS) is 10.6. The number of hydrogen-bond acceptors (Lipinski definition) is 3. The number of ether oxygens (including phenoxy) is 1. The summed E-state index contributed by atoms with van der Waals surface area (Å²) in [5.41, 5.74) is 1.26. The van der Waals surface area contributed by atoms with Crippen molar-refractivity contribution in [3.8, 4) is 5.75 Å². The van der Waals surface area contributed by atoms with E-state index in [1.807, 2.05) is 0 Å². The number of carbonyl (C=O) groups excluding carboxylic acids is 1. The van der Waals surface area contributed by atoms with Crippen LogP contribution in [-0.4, -0.2) is 12.9 Å². The van der Waals surface area contributed by atoms with Crippen LogP contribution in [0.15, 0.2) is 54.7 Å². The number of ketones is 1. The summed E-state index contributed by atoms with van der Waals surface area (Å²) in [4.78, 5) is 12.0. The molecule has 2 aromatic carbocycles. The van der Waals surface area contributed by atoms with Crippen LogP contribution in [0.25, 0.3) is 0 Å². The number of allylic oxidation sites excluding steroid dienone is 1. The zero-order chi connectivity index (χ0) is 15.2. The molecule has 0 amide bonds. The molecule has 5 heteroatoms. The van der Waals surface area contributed by atoms with Gasteiger partial charge in [0.15, 0.2) is 5.78 Å². The highest BCUT2D eigenvalue weighted by molar-refractivity contribution is 6.36. The van der Waals surface area contributed by atoms with Crippen LogP contribution in [0.2, 0.25) is 10.0 Å². The first-order valence-electron chi connectivity index (χ1n) is 6.16. The van der Waals surface area contributed by atoms with Crippen molar-refractivity contribution in [2.45, 2.75) is 0 Å². The van der Waals surface area contributed by atoms with Gasteiger partial charge in [0.1, 0.15) is 5.75 Å². The molecule has 1 N–H and O–H groups in total. The van der Waals surface area contributed by atoms with Crippen LogP contribution in [-0.2, 0) is 0 Å². The van der Waals surface area contributed by atoms with Gasteiger partial charge in [0, 0.05) is 22.9 Å². The molecule has 0 aromatic heterocycles.